The van der Waals surface area contributed by atoms with Crippen LogP contribution >= 0.6 is 11.6 Å². The fraction of sp³-hybridized carbons (Fsp3) is 1.00. The summed E-state index contributed by atoms with van der Waals surface area (Å²) < 4.78 is 26.1. The van der Waals surface area contributed by atoms with Crippen molar-refractivity contribution in [2.75, 3.05) is 31.8 Å². The van der Waals surface area contributed by atoms with Crippen LogP contribution in [0.15, 0.2) is 0 Å². The lowest BCUT2D eigenvalue weighted by atomic mass is 10.3. The van der Waals surface area contributed by atoms with Crippen molar-refractivity contribution >= 4 is 21.6 Å². The van der Waals surface area contributed by atoms with E-state index in [0.717, 1.165) is 19.5 Å². The molecule has 0 aliphatic carbocycles. The number of sulfonamides is 1. The molecule has 2 atom stereocenters. The highest BCUT2D eigenvalue weighted by molar-refractivity contribution is 7.89. The van der Waals surface area contributed by atoms with E-state index in [1.165, 1.54) is 0 Å². The van der Waals surface area contributed by atoms with Crippen LogP contribution in [0.4, 0.5) is 0 Å². The van der Waals surface area contributed by atoms with Crippen LogP contribution in [-0.4, -0.2) is 51.1 Å². The summed E-state index contributed by atoms with van der Waals surface area (Å²) in [5, 5.41) is 0. The van der Waals surface area contributed by atoms with Crippen LogP contribution < -0.4 is 4.72 Å². The monoisotopic (exact) mass is 254 g/mol. The first kappa shape index (κ1) is 13.2. The molecular weight excluding hydrogens is 236 g/mol. The molecule has 1 aliphatic heterocycles. The zero-order chi connectivity index (χ0) is 11.5. The Labute approximate surface area is 97.0 Å². The highest BCUT2D eigenvalue weighted by Crippen LogP contribution is 2.09. The minimum absolute atomic E-state index is 0.00305. The third-order valence-corrected chi connectivity index (χ3v) is 4.73. The van der Waals surface area contributed by atoms with Crippen molar-refractivity contribution in [1.82, 2.24) is 9.62 Å². The molecule has 0 aromatic heterocycles. The Morgan fingerprint density at radius 3 is 2.73 bits per heavy atom. The number of hydrogen-bond acceptors (Lipinski definition) is 3. The van der Waals surface area contributed by atoms with Gasteiger partial charge in [-0.05, 0) is 25.9 Å². The predicted octanol–water partition coefficient (Wildman–Crippen LogP) is 0.485. The number of rotatable bonds is 5. The third-order valence-electron chi connectivity index (χ3n) is 2.50. The Morgan fingerprint density at radius 1 is 1.60 bits per heavy atom. The summed E-state index contributed by atoms with van der Waals surface area (Å²) in [5.41, 5.74) is 0. The van der Waals surface area contributed by atoms with Gasteiger partial charge in [0.1, 0.15) is 0 Å². The zero-order valence-corrected chi connectivity index (χ0v) is 10.8. The first-order valence-corrected chi connectivity index (χ1v) is 7.36. The minimum Gasteiger partial charge on any atom is -0.305 e. The van der Waals surface area contributed by atoms with Crippen molar-refractivity contribution in [2.45, 2.75) is 19.4 Å². The number of likely N-dealkylation sites (tertiary alicyclic amines) is 1. The van der Waals surface area contributed by atoms with Crippen molar-refractivity contribution < 1.29 is 8.42 Å². The van der Waals surface area contributed by atoms with Crippen LogP contribution in [0.2, 0.25) is 0 Å². The molecule has 90 valence electrons. The molecule has 0 aromatic carbocycles. The van der Waals surface area contributed by atoms with Crippen LogP contribution in [-0.2, 0) is 10.0 Å². The van der Waals surface area contributed by atoms with Gasteiger partial charge in [0.05, 0.1) is 5.75 Å². The summed E-state index contributed by atoms with van der Waals surface area (Å²) in [5.74, 6) is 0.505. The van der Waals surface area contributed by atoms with Crippen molar-refractivity contribution in [1.29, 1.82) is 0 Å². The van der Waals surface area contributed by atoms with E-state index in [9.17, 15) is 8.42 Å². The molecule has 1 rings (SSSR count). The number of likely N-dealkylation sites (N-methyl/N-ethyl adjacent to an activating group) is 1. The maximum absolute atomic E-state index is 11.7. The van der Waals surface area contributed by atoms with E-state index in [-0.39, 0.29) is 17.7 Å². The van der Waals surface area contributed by atoms with E-state index < -0.39 is 10.0 Å². The fourth-order valence-electron chi connectivity index (χ4n) is 1.75. The minimum atomic E-state index is -3.16. The molecule has 1 fully saturated rings. The first-order valence-electron chi connectivity index (χ1n) is 5.17. The molecular formula is C9H19ClN2O2S. The number of nitrogens with one attached hydrogen (secondary N) is 1. The largest absolute Gasteiger partial charge is 0.305 e. The topological polar surface area (TPSA) is 49.4 Å². The first-order chi connectivity index (χ1) is 6.93. The maximum Gasteiger partial charge on any atom is 0.212 e. The van der Waals surface area contributed by atoms with Gasteiger partial charge in [0.15, 0.2) is 0 Å². The molecule has 1 saturated heterocycles. The molecule has 0 bridgehead atoms. The Balaban J connectivity index is 2.42. The van der Waals surface area contributed by atoms with Crippen molar-refractivity contribution in [3.63, 3.8) is 0 Å². The molecule has 6 heteroatoms. The highest BCUT2D eigenvalue weighted by atomic mass is 35.5. The lowest BCUT2D eigenvalue weighted by Gasteiger charge is -2.15. The van der Waals surface area contributed by atoms with E-state index in [1.807, 2.05) is 14.0 Å². The average molecular weight is 255 g/mol. The van der Waals surface area contributed by atoms with Gasteiger partial charge in [-0.3, -0.25) is 0 Å². The van der Waals surface area contributed by atoms with Crippen LogP contribution in [0.25, 0.3) is 0 Å². The fourth-order valence-corrected chi connectivity index (χ4v) is 3.65. The Hall–Kier alpha value is 0.160. The van der Waals surface area contributed by atoms with E-state index in [0.29, 0.717) is 5.88 Å². The van der Waals surface area contributed by atoms with Gasteiger partial charge in [-0.2, -0.15) is 0 Å². The molecule has 15 heavy (non-hydrogen) atoms. The zero-order valence-electron chi connectivity index (χ0n) is 9.24. The van der Waals surface area contributed by atoms with Gasteiger partial charge in [0.25, 0.3) is 0 Å². The summed E-state index contributed by atoms with van der Waals surface area (Å²) in [6.07, 6.45) is 0.894. The summed E-state index contributed by atoms with van der Waals surface area (Å²) in [6, 6.07) is 0.0718. The van der Waals surface area contributed by atoms with Gasteiger partial charge in [-0.15, -0.1) is 11.6 Å². The molecule has 2 unspecified atom stereocenters. The standard InChI is InChI=1S/C9H19ClN2O2S/c1-8(5-10)7-15(13,14)11-9-3-4-12(2)6-9/h8-9,11H,3-7H2,1-2H3. The van der Waals surface area contributed by atoms with Crippen molar-refractivity contribution in [3.05, 3.63) is 0 Å². The Bertz CT molecular complexity index is 294. The van der Waals surface area contributed by atoms with Gasteiger partial charge in [0.2, 0.25) is 10.0 Å². The third kappa shape index (κ3) is 4.68. The lowest BCUT2D eigenvalue weighted by Crippen LogP contribution is -2.39. The van der Waals surface area contributed by atoms with E-state index >= 15 is 0 Å². The normalized spacial score (nSPS) is 25.7. The van der Waals surface area contributed by atoms with Crippen LogP contribution in [0.5, 0.6) is 0 Å². The van der Waals surface area contributed by atoms with Crippen LogP contribution in [0.3, 0.4) is 0 Å². The Morgan fingerprint density at radius 2 is 2.27 bits per heavy atom. The summed E-state index contributed by atoms with van der Waals surface area (Å²) in [6.45, 7) is 3.60. The van der Waals surface area contributed by atoms with Crippen molar-refractivity contribution in [3.8, 4) is 0 Å². The molecule has 1 aliphatic rings. The molecule has 0 spiro atoms. The Kier molecular flexibility index (Phi) is 4.83. The van der Waals surface area contributed by atoms with E-state index in [2.05, 4.69) is 9.62 Å². The summed E-state index contributed by atoms with van der Waals surface area (Å²) >= 11 is 5.60. The average Bonchev–Trinajstić information content (AvgIpc) is 2.49. The molecule has 1 N–H and O–H groups in total. The van der Waals surface area contributed by atoms with Gasteiger partial charge < -0.3 is 4.90 Å². The van der Waals surface area contributed by atoms with E-state index in [4.69, 9.17) is 11.6 Å². The summed E-state index contributed by atoms with van der Waals surface area (Å²) in [7, 11) is -1.17. The highest BCUT2D eigenvalue weighted by Gasteiger charge is 2.25. The second-order valence-corrected chi connectivity index (χ2v) is 6.51. The van der Waals surface area contributed by atoms with Crippen molar-refractivity contribution in [2.24, 2.45) is 5.92 Å². The SMILES string of the molecule is CC(CCl)CS(=O)(=O)NC1CCN(C)C1. The molecule has 0 amide bonds. The van der Waals surface area contributed by atoms with Crippen LogP contribution in [0.1, 0.15) is 13.3 Å². The predicted molar refractivity (Wildman–Crippen MR) is 62.7 cm³/mol. The number of nitrogens with zero attached hydrogens (tertiary/aromatic N) is 1. The lowest BCUT2D eigenvalue weighted by molar-refractivity contribution is 0.407. The molecule has 4 nitrogen and oxygen atoms in total. The van der Waals surface area contributed by atoms with Gasteiger partial charge in [0, 0.05) is 18.5 Å². The van der Waals surface area contributed by atoms with E-state index in [1.54, 1.807) is 0 Å². The molecule has 0 saturated carbocycles. The second kappa shape index (κ2) is 5.48. The number of halogens is 1. The smallest absolute Gasteiger partial charge is 0.212 e. The van der Waals surface area contributed by atoms with Crippen LogP contribution in [0, 0.1) is 5.92 Å². The quantitative estimate of drug-likeness (QED) is 0.727. The maximum atomic E-state index is 11.7. The summed E-state index contributed by atoms with van der Waals surface area (Å²) in [4.78, 5) is 2.12. The van der Waals surface area contributed by atoms with Gasteiger partial charge in [-0.1, -0.05) is 6.92 Å². The number of alkyl halides is 1. The van der Waals surface area contributed by atoms with Gasteiger partial charge in [-0.25, -0.2) is 13.1 Å². The molecule has 0 aromatic rings. The second-order valence-electron chi connectivity index (χ2n) is 4.41. The molecule has 1 heterocycles. The van der Waals surface area contributed by atoms with Gasteiger partial charge >= 0.3 is 0 Å². The number of hydrogen-bond donors (Lipinski definition) is 1. The molecule has 0 radical (unpaired) electrons.